The van der Waals surface area contributed by atoms with Crippen molar-refractivity contribution in [2.45, 2.75) is 45.8 Å². The summed E-state index contributed by atoms with van der Waals surface area (Å²) in [5.41, 5.74) is -0.684. The number of hydroxylamine groups is 1. The van der Waals surface area contributed by atoms with Gasteiger partial charge in [-0.15, -0.1) is 0 Å². The Balaban J connectivity index is 2.72. The zero-order valence-corrected chi connectivity index (χ0v) is 17.5. The number of hydrogen-bond acceptors (Lipinski definition) is 8. The SMILES string of the molecule is C=C1C(CC(=O)NO)=C(n2cccc([N+](=O)[O-])c2=O)C(NC(=O)OC(C)(C)C)=NC1C. The number of amidine groups is 1. The fraction of sp³-hybridized carbons (Fsp3) is 0.368. The highest BCUT2D eigenvalue weighted by Gasteiger charge is 2.31. The molecule has 1 unspecified atom stereocenters. The van der Waals surface area contributed by atoms with E-state index in [1.165, 1.54) is 17.7 Å². The van der Waals surface area contributed by atoms with Crippen LogP contribution in [0, 0.1) is 10.1 Å². The number of aromatic nitrogens is 1. The lowest BCUT2D eigenvalue weighted by Gasteiger charge is -2.28. The summed E-state index contributed by atoms with van der Waals surface area (Å²) in [7, 11) is 0. The highest BCUT2D eigenvalue weighted by atomic mass is 16.6. The summed E-state index contributed by atoms with van der Waals surface area (Å²) in [5.74, 6) is -0.963. The van der Waals surface area contributed by atoms with E-state index in [0.29, 0.717) is 5.57 Å². The van der Waals surface area contributed by atoms with Crippen molar-refractivity contribution in [1.29, 1.82) is 0 Å². The van der Waals surface area contributed by atoms with Crippen molar-refractivity contribution in [3.63, 3.8) is 0 Å². The Morgan fingerprint density at radius 1 is 1.42 bits per heavy atom. The Hall–Kier alpha value is -3.80. The summed E-state index contributed by atoms with van der Waals surface area (Å²) in [4.78, 5) is 51.7. The molecule has 1 aromatic rings. The highest BCUT2D eigenvalue weighted by Crippen LogP contribution is 2.30. The molecular weight excluding hydrogens is 410 g/mol. The van der Waals surface area contributed by atoms with Gasteiger partial charge in [0.1, 0.15) is 5.60 Å². The second-order valence-corrected chi connectivity index (χ2v) is 7.67. The third-order valence-corrected chi connectivity index (χ3v) is 4.17. The number of aliphatic imine (C=N–C) groups is 1. The van der Waals surface area contributed by atoms with Crippen molar-refractivity contribution >= 4 is 29.2 Å². The highest BCUT2D eigenvalue weighted by molar-refractivity contribution is 6.24. The van der Waals surface area contributed by atoms with Crippen molar-refractivity contribution in [3.05, 3.63) is 56.5 Å². The van der Waals surface area contributed by atoms with Crippen LogP contribution in [0.3, 0.4) is 0 Å². The van der Waals surface area contributed by atoms with Gasteiger partial charge < -0.3 is 4.74 Å². The lowest BCUT2D eigenvalue weighted by Crippen LogP contribution is -2.42. The zero-order chi connectivity index (χ0) is 23.5. The largest absolute Gasteiger partial charge is 0.444 e. The van der Waals surface area contributed by atoms with Crippen LogP contribution in [0.4, 0.5) is 10.5 Å². The maximum Gasteiger partial charge on any atom is 0.413 e. The molecule has 0 bridgehead atoms. The lowest BCUT2D eigenvalue weighted by atomic mass is 9.93. The van der Waals surface area contributed by atoms with E-state index in [1.807, 2.05) is 0 Å². The number of nitrogens with zero attached hydrogens (tertiary/aromatic N) is 3. The van der Waals surface area contributed by atoms with Crippen LogP contribution in [0.2, 0.25) is 0 Å². The number of hydrogen-bond donors (Lipinski definition) is 3. The average molecular weight is 433 g/mol. The summed E-state index contributed by atoms with van der Waals surface area (Å²) < 4.78 is 6.12. The van der Waals surface area contributed by atoms with Gasteiger partial charge in [-0.05, 0) is 44.9 Å². The quantitative estimate of drug-likeness (QED) is 0.369. The molecule has 2 rings (SSSR count). The minimum absolute atomic E-state index is 0.0914. The molecule has 0 spiro atoms. The van der Waals surface area contributed by atoms with E-state index >= 15 is 0 Å². The van der Waals surface area contributed by atoms with E-state index in [2.05, 4.69) is 16.9 Å². The van der Waals surface area contributed by atoms with Crippen LogP contribution in [0.15, 0.2) is 45.8 Å². The molecule has 0 aromatic carbocycles. The van der Waals surface area contributed by atoms with Gasteiger partial charge in [-0.2, -0.15) is 0 Å². The average Bonchev–Trinajstić information content (AvgIpc) is 2.64. The number of amides is 2. The minimum Gasteiger partial charge on any atom is -0.444 e. The number of dihydropyridines is 1. The predicted octanol–water partition coefficient (Wildman–Crippen LogP) is 1.74. The van der Waals surface area contributed by atoms with E-state index in [-0.39, 0.29) is 17.1 Å². The first-order valence-electron chi connectivity index (χ1n) is 9.15. The van der Waals surface area contributed by atoms with Crippen molar-refractivity contribution in [2.24, 2.45) is 4.99 Å². The number of nitrogens with one attached hydrogen (secondary N) is 2. The summed E-state index contributed by atoms with van der Waals surface area (Å²) >= 11 is 0. The maximum absolute atomic E-state index is 12.8. The number of carbonyl (C=O) groups excluding carboxylic acids is 2. The lowest BCUT2D eigenvalue weighted by molar-refractivity contribution is -0.386. The first-order chi connectivity index (χ1) is 14.4. The molecule has 31 heavy (non-hydrogen) atoms. The monoisotopic (exact) mass is 433 g/mol. The molecule has 166 valence electrons. The molecule has 12 heteroatoms. The molecular formula is C19H23N5O7. The molecule has 3 N–H and O–H groups in total. The van der Waals surface area contributed by atoms with Crippen LogP contribution in [-0.2, 0) is 9.53 Å². The van der Waals surface area contributed by atoms with Crippen molar-refractivity contribution in [3.8, 4) is 0 Å². The molecule has 1 aliphatic heterocycles. The minimum atomic E-state index is -1.01. The molecule has 0 radical (unpaired) electrons. The van der Waals surface area contributed by atoms with Crippen LogP contribution >= 0.6 is 0 Å². The second kappa shape index (κ2) is 8.92. The van der Waals surface area contributed by atoms with Crippen LogP contribution in [-0.4, -0.2) is 44.2 Å². The molecule has 0 saturated heterocycles. The van der Waals surface area contributed by atoms with Crippen molar-refractivity contribution in [1.82, 2.24) is 15.4 Å². The number of alkyl carbamates (subject to hydrolysis) is 1. The molecule has 2 amide bonds. The van der Waals surface area contributed by atoms with E-state index in [0.717, 1.165) is 10.6 Å². The van der Waals surface area contributed by atoms with Crippen molar-refractivity contribution in [2.75, 3.05) is 0 Å². The van der Waals surface area contributed by atoms with Gasteiger partial charge in [0, 0.05) is 12.3 Å². The third kappa shape index (κ3) is 5.42. The Morgan fingerprint density at radius 3 is 2.61 bits per heavy atom. The Kier molecular flexibility index (Phi) is 6.75. The maximum atomic E-state index is 12.8. The summed E-state index contributed by atoms with van der Waals surface area (Å²) in [6.45, 7) is 10.5. The molecule has 0 saturated carbocycles. The third-order valence-electron chi connectivity index (χ3n) is 4.17. The van der Waals surface area contributed by atoms with Gasteiger partial charge >= 0.3 is 17.3 Å². The topological polar surface area (TPSA) is 165 Å². The summed E-state index contributed by atoms with van der Waals surface area (Å²) in [5, 5.41) is 22.6. The predicted molar refractivity (Wildman–Crippen MR) is 111 cm³/mol. The van der Waals surface area contributed by atoms with Gasteiger partial charge in [-0.25, -0.2) is 10.3 Å². The Labute approximate surface area is 177 Å². The Bertz CT molecular complexity index is 1060. The molecule has 1 aromatic heterocycles. The van der Waals surface area contributed by atoms with Crippen LogP contribution in [0.5, 0.6) is 0 Å². The van der Waals surface area contributed by atoms with E-state index in [4.69, 9.17) is 9.94 Å². The number of pyridine rings is 1. The fourth-order valence-corrected chi connectivity index (χ4v) is 2.83. The van der Waals surface area contributed by atoms with Gasteiger partial charge in [0.25, 0.3) is 0 Å². The van der Waals surface area contributed by atoms with Gasteiger partial charge in [0.15, 0.2) is 5.84 Å². The number of carbonyl (C=O) groups is 2. The summed E-state index contributed by atoms with van der Waals surface area (Å²) in [6.07, 6.45) is -0.0798. The first kappa shape index (κ1) is 23.5. The molecule has 1 aliphatic rings. The van der Waals surface area contributed by atoms with Gasteiger partial charge in [0.2, 0.25) is 5.91 Å². The smallest absolute Gasteiger partial charge is 0.413 e. The van der Waals surface area contributed by atoms with Crippen LogP contribution < -0.4 is 16.4 Å². The van der Waals surface area contributed by atoms with Crippen LogP contribution in [0.25, 0.3) is 5.70 Å². The van der Waals surface area contributed by atoms with Gasteiger partial charge in [-0.3, -0.25) is 39.8 Å². The standard InChI is InChI=1S/C19H23N5O7/c1-10-11(2)20-16(21-18(27)31-19(3,4)5)15(12(10)9-14(25)22-28)23-8-6-7-13(17(23)26)24(29)30/h6-8,11,28H,1,9H2,2-5H3,(H,22,25)(H,20,21,27). The molecule has 2 heterocycles. The van der Waals surface area contributed by atoms with E-state index in [9.17, 15) is 24.5 Å². The second-order valence-electron chi connectivity index (χ2n) is 7.67. The van der Waals surface area contributed by atoms with Gasteiger partial charge in [0.05, 0.1) is 23.1 Å². The van der Waals surface area contributed by atoms with E-state index < -0.39 is 46.2 Å². The molecule has 1 atom stereocenters. The van der Waals surface area contributed by atoms with E-state index in [1.54, 1.807) is 27.7 Å². The Morgan fingerprint density at radius 2 is 2.06 bits per heavy atom. The normalized spacial score (nSPS) is 16.5. The molecule has 0 fully saturated rings. The summed E-state index contributed by atoms with van der Waals surface area (Å²) in [6, 6.07) is 1.68. The molecule has 12 nitrogen and oxygen atoms in total. The zero-order valence-electron chi connectivity index (χ0n) is 17.5. The van der Waals surface area contributed by atoms with Crippen LogP contribution in [0.1, 0.15) is 34.1 Å². The van der Waals surface area contributed by atoms with Gasteiger partial charge in [-0.1, -0.05) is 6.58 Å². The molecule has 0 aliphatic carbocycles. The number of nitro groups is 1. The fourth-order valence-electron chi connectivity index (χ4n) is 2.83. The first-order valence-corrected chi connectivity index (χ1v) is 9.15. The van der Waals surface area contributed by atoms with Crippen molar-refractivity contribution < 1.29 is 24.5 Å². The number of rotatable bonds is 4. The number of ether oxygens (including phenoxy) is 1.